The van der Waals surface area contributed by atoms with E-state index in [1.54, 1.807) is 32.4 Å². The van der Waals surface area contributed by atoms with E-state index in [0.717, 1.165) is 37.7 Å². The third-order valence-corrected chi connectivity index (χ3v) is 8.42. The fourth-order valence-corrected chi connectivity index (χ4v) is 6.39. The summed E-state index contributed by atoms with van der Waals surface area (Å²) in [5.41, 5.74) is 3.43. The van der Waals surface area contributed by atoms with Crippen LogP contribution in [0.2, 0.25) is 0 Å². The zero-order valence-electron chi connectivity index (χ0n) is 23.6. The Morgan fingerprint density at radius 1 is 0.875 bits per heavy atom. The summed E-state index contributed by atoms with van der Waals surface area (Å²) in [5, 5.41) is 10.6. The zero-order chi connectivity index (χ0) is 28.4. The highest BCUT2D eigenvalue weighted by Crippen LogP contribution is 2.48. The molecule has 1 saturated carbocycles. The molecule has 0 bridgehead atoms. The Morgan fingerprint density at radius 2 is 1.55 bits per heavy atom. The summed E-state index contributed by atoms with van der Waals surface area (Å²) in [4.78, 5) is 32.5. The van der Waals surface area contributed by atoms with Crippen LogP contribution in [0.1, 0.15) is 74.8 Å². The van der Waals surface area contributed by atoms with Crippen molar-refractivity contribution in [2.45, 2.75) is 69.8 Å². The molecule has 8 nitrogen and oxygen atoms in total. The molecular formula is C32H37NO7. The molecule has 0 amide bonds. The van der Waals surface area contributed by atoms with Gasteiger partial charge in [-0.05, 0) is 80.3 Å². The third-order valence-electron chi connectivity index (χ3n) is 8.42. The first-order valence-electron chi connectivity index (χ1n) is 13.9. The molecular weight excluding hydrogens is 510 g/mol. The number of rotatable bonds is 7. The van der Waals surface area contributed by atoms with Gasteiger partial charge < -0.3 is 24.1 Å². The van der Waals surface area contributed by atoms with Crippen LogP contribution in [-0.2, 0) is 14.3 Å². The van der Waals surface area contributed by atoms with E-state index in [-0.39, 0.29) is 35.9 Å². The number of phenolic OH excluding ortho intramolecular Hbond substituents is 1. The lowest BCUT2D eigenvalue weighted by molar-refractivity contribution is -0.153. The van der Waals surface area contributed by atoms with Crippen molar-refractivity contribution >= 4 is 17.5 Å². The second-order valence-corrected chi connectivity index (χ2v) is 10.8. The lowest BCUT2D eigenvalue weighted by atomic mass is 9.69. The number of Topliss-reactive ketones (excluding diaryl/α,β-unsaturated/α-hetero) is 1. The monoisotopic (exact) mass is 547 g/mol. The number of ether oxygens (including phenoxy) is 4. The first-order valence-corrected chi connectivity index (χ1v) is 13.9. The summed E-state index contributed by atoms with van der Waals surface area (Å²) >= 11 is 0. The summed E-state index contributed by atoms with van der Waals surface area (Å²) in [6.45, 7) is 1.83. The predicted molar refractivity (Wildman–Crippen MR) is 151 cm³/mol. The number of esters is 1. The van der Waals surface area contributed by atoms with Gasteiger partial charge in [-0.1, -0.05) is 18.6 Å². The number of methoxy groups -OCH3 is 3. The molecule has 0 radical (unpaired) electrons. The van der Waals surface area contributed by atoms with Gasteiger partial charge in [-0.15, -0.1) is 0 Å². The van der Waals surface area contributed by atoms with Gasteiger partial charge in [0.1, 0.15) is 12.0 Å². The van der Waals surface area contributed by atoms with Crippen molar-refractivity contribution in [3.8, 4) is 23.0 Å². The molecule has 3 unspecified atom stereocenters. The van der Waals surface area contributed by atoms with Gasteiger partial charge in [0, 0.05) is 29.3 Å². The number of carbonyl (C=O) groups excluding carboxylic acids is 2. The molecule has 3 aliphatic rings. The molecule has 212 valence electrons. The largest absolute Gasteiger partial charge is 0.504 e. The molecule has 3 atom stereocenters. The Bertz CT molecular complexity index is 1360. The van der Waals surface area contributed by atoms with Crippen LogP contribution in [0.15, 0.2) is 52.7 Å². The highest BCUT2D eigenvalue weighted by Gasteiger charge is 2.45. The minimum absolute atomic E-state index is 0.0480. The van der Waals surface area contributed by atoms with Crippen LogP contribution in [0, 0.1) is 5.92 Å². The fraction of sp³-hybridized carbons (Fsp3) is 0.469. The Balaban J connectivity index is 1.54. The van der Waals surface area contributed by atoms with Gasteiger partial charge in [0.05, 0.1) is 21.3 Å². The van der Waals surface area contributed by atoms with Gasteiger partial charge in [0.2, 0.25) is 0 Å². The number of carbonyl (C=O) groups is 2. The molecule has 0 aromatic heterocycles. The molecule has 0 spiro atoms. The van der Waals surface area contributed by atoms with Crippen LogP contribution >= 0.6 is 0 Å². The molecule has 5 rings (SSSR count). The zero-order valence-corrected chi connectivity index (χ0v) is 23.6. The van der Waals surface area contributed by atoms with E-state index in [0.29, 0.717) is 46.2 Å². The van der Waals surface area contributed by atoms with Gasteiger partial charge >= 0.3 is 5.97 Å². The summed E-state index contributed by atoms with van der Waals surface area (Å²) in [5.74, 6) is -0.390. The molecule has 2 aromatic rings. The van der Waals surface area contributed by atoms with Crippen molar-refractivity contribution in [3.63, 3.8) is 0 Å². The van der Waals surface area contributed by atoms with Crippen molar-refractivity contribution in [3.05, 3.63) is 58.8 Å². The molecule has 1 aliphatic heterocycles. The average Bonchev–Trinajstić information content (AvgIpc) is 2.96. The predicted octanol–water partition coefficient (Wildman–Crippen LogP) is 5.87. The van der Waals surface area contributed by atoms with Crippen molar-refractivity contribution in [2.24, 2.45) is 10.9 Å². The fourth-order valence-electron chi connectivity index (χ4n) is 6.39. The standard InChI is InChI=1S/C32H37NO7/c1-18-29(32(36)40-22-8-6-5-7-9-22)30(20-11-12-26(37-2)24(34)15-20)31-23(33-18)14-21(16-25(31)35)19-10-13-27(38-3)28(17-19)39-4/h10-13,15,17,21-22,29-30,34H,5-9,14,16H2,1-4H3. The van der Waals surface area contributed by atoms with E-state index < -0.39 is 11.8 Å². The Hall–Kier alpha value is -3.81. The van der Waals surface area contributed by atoms with E-state index in [1.807, 2.05) is 25.1 Å². The molecule has 1 N–H and O–H groups in total. The van der Waals surface area contributed by atoms with Crippen molar-refractivity contribution in [1.29, 1.82) is 0 Å². The number of phenols is 1. The van der Waals surface area contributed by atoms with E-state index in [2.05, 4.69) is 0 Å². The Kier molecular flexibility index (Phi) is 8.14. The lowest BCUT2D eigenvalue weighted by Gasteiger charge is -2.37. The molecule has 40 heavy (non-hydrogen) atoms. The number of hydrogen-bond donors (Lipinski definition) is 1. The SMILES string of the molecule is COc1ccc(C2C3=C(CC(c4ccc(OC)c(OC)c4)CC3=O)N=C(C)C2C(=O)OC2CCCCC2)cc1O. The highest BCUT2D eigenvalue weighted by molar-refractivity contribution is 6.09. The van der Waals surface area contributed by atoms with Crippen LogP contribution in [0.4, 0.5) is 0 Å². The molecule has 1 fully saturated rings. The van der Waals surface area contributed by atoms with Crippen LogP contribution in [0.25, 0.3) is 0 Å². The maximum Gasteiger partial charge on any atom is 0.315 e. The minimum atomic E-state index is -0.755. The summed E-state index contributed by atoms with van der Waals surface area (Å²) < 4.78 is 22.1. The molecule has 8 heteroatoms. The molecule has 2 aliphatic carbocycles. The third kappa shape index (κ3) is 5.31. The minimum Gasteiger partial charge on any atom is -0.504 e. The first kappa shape index (κ1) is 27.7. The number of hydrogen-bond acceptors (Lipinski definition) is 8. The van der Waals surface area contributed by atoms with Gasteiger partial charge in [-0.25, -0.2) is 0 Å². The summed E-state index contributed by atoms with van der Waals surface area (Å²) in [7, 11) is 4.66. The second kappa shape index (κ2) is 11.7. The van der Waals surface area contributed by atoms with Crippen molar-refractivity contribution < 1.29 is 33.6 Å². The van der Waals surface area contributed by atoms with Gasteiger partial charge in [-0.3, -0.25) is 14.6 Å². The van der Waals surface area contributed by atoms with Crippen molar-refractivity contribution in [2.75, 3.05) is 21.3 Å². The smallest absolute Gasteiger partial charge is 0.315 e. The Morgan fingerprint density at radius 3 is 2.23 bits per heavy atom. The maximum absolute atomic E-state index is 13.9. The van der Waals surface area contributed by atoms with Crippen LogP contribution in [0.5, 0.6) is 23.0 Å². The van der Waals surface area contributed by atoms with Gasteiger partial charge in [0.25, 0.3) is 0 Å². The summed E-state index contributed by atoms with van der Waals surface area (Å²) in [6, 6.07) is 10.8. The number of aliphatic imine (C=N–C) groups is 1. The number of aromatic hydroxyl groups is 1. The highest BCUT2D eigenvalue weighted by atomic mass is 16.5. The Labute approximate surface area is 235 Å². The number of benzene rings is 2. The van der Waals surface area contributed by atoms with Crippen LogP contribution in [-0.4, -0.2) is 50.0 Å². The van der Waals surface area contributed by atoms with Crippen molar-refractivity contribution in [1.82, 2.24) is 0 Å². The first-order chi connectivity index (χ1) is 19.3. The average molecular weight is 548 g/mol. The molecule has 2 aromatic carbocycles. The normalized spacial score (nSPS) is 23.2. The van der Waals surface area contributed by atoms with Gasteiger partial charge in [0.15, 0.2) is 28.8 Å². The lowest BCUT2D eigenvalue weighted by Crippen LogP contribution is -2.39. The maximum atomic E-state index is 13.9. The van der Waals surface area contributed by atoms with E-state index in [9.17, 15) is 14.7 Å². The second-order valence-electron chi connectivity index (χ2n) is 10.8. The van der Waals surface area contributed by atoms with Crippen LogP contribution < -0.4 is 14.2 Å². The van der Waals surface area contributed by atoms with E-state index in [1.165, 1.54) is 7.11 Å². The number of ketones is 1. The topological polar surface area (TPSA) is 104 Å². The number of allylic oxidation sites excluding steroid dienone is 2. The van der Waals surface area contributed by atoms with E-state index in [4.69, 9.17) is 23.9 Å². The quantitative estimate of drug-likeness (QED) is 0.433. The molecule has 1 heterocycles. The van der Waals surface area contributed by atoms with Crippen LogP contribution in [0.3, 0.4) is 0 Å². The van der Waals surface area contributed by atoms with E-state index >= 15 is 0 Å². The number of nitrogens with zero attached hydrogens (tertiary/aromatic N) is 1. The molecule has 0 saturated heterocycles. The summed E-state index contributed by atoms with van der Waals surface area (Å²) in [6.07, 6.45) is 5.62. The van der Waals surface area contributed by atoms with Gasteiger partial charge in [-0.2, -0.15) is 0 Å².